The molecule has 2 rings (SSSR count). The van der Waals surface area contributed by atoms with Crippen molar-refractivity contribution in [3.8, 4) is 0 Å². The van der Waals surface area contributed by atoms with E-state index in [1.54, 1.807) is 6.92 Å². The molecule has 138 valence electrons. The van der Waals surface area contributed by atoms with Gasteiger partial charge in [0.1, 0.15) is 5.69 Å². The summed E-state index contributed by atoms with van der Waals surface area (Å²) in [5.74, 6) is -0.670. The summed E-state index contributed by atoms with van der Waals surface area (Å²) in [4.78, 5) is 33.4. The van der Waals surface area contributed by atoms with Crippen molar-refractivity contribution in [1.29, 1.82) is 0 Å². The number of rotatable bonds is 4. The zero-order valence-corrected chi connectivity index (χ0v) is 13.7. The van der Waals surface area contributed by atoms with Gasteiger partial charge < -0.3 is 10.0 Å². The van der Waals surface area contributed by atoms with E-state index in [4.69, 9.17) is 0 Å². The third kappa shape index (κ3) is 3.65. The molecule has 11 heteroatoms. The fraction of sp³-hybridized carbons (Fsp3) is 0.571. The Kier molecular flexibility index (Phi) is 5.16. The first-order valence-corrected chi connectivity index (χ1v) is 7.53. The molecule has 2 N–H and O–H groups in total. The molecule has 8 nitrogen and oxygen atoms in total. The van der Waals surface area contributed by atoms with Gasteiger partial charge in [-0.05, 0) is 19.5 Å². The van der Waals surface area contributed by atoms with Crippen molar-refractivity contribution in [2.24, 2.45) is 0 Å². The van der Waals surface area contributed by atoms with Gasteiger partial charge in [-0.2, -0.15) is 13.2 Å². The van der Waals surface area contributed by atoms with E-state index in [1.165, 1.54) is 11.8 Å². The maximum atomic E-state index is 12.8. The number of nitrogens with one attached hydrogen (secondary N) is 1. The predicted molar refractivity (Wildman–Crippen MR) is 81.1 cm³/mol. The molecule has 1 amide bonds. The highest BCUT2D eigenvalue weighted by Crippen LogP contribution is 2.29. The van der Waals surface area contributed by atoms with E-state index >= 15 is 0 Å². The van der Waals surface area contributed by atoms with Crippen LogP contribution in [0, 0.1) is 0 Å². The SMILES string of the molecule is CCNC1(C(C)=O)CN(c2nccc(C(F)(F)F)n2)CCN1C(=O)O. The van der Waals surface area contributed by atoms with Crippen LogP contribution in [0.15, 0.2) is 12.3 Å². The molecule has 1 aliphatic rings. The molecule has 25 heavy (non-hydrogen) atoms. The number of carbonyl (C=O) groups is 2. The first-order chi connectivity index (χ1) is 11.6. The van der Waals surface area contributed by atoms with Crippen LogP contribution in [0.2, 0.25) is 0 Å². The van der Waals surface area contributed by atoms with Crippen molar-refractivity contribution in [2.45, 2.75) is 25.7 Å². The second kappa shape index (κ2) is 6.82. The van der Waals surface area contributed by atoms with Crippen LogP contribution in [0.4, 0.5) is 23.9 Å². The Labute approximate surface area is 141 Å². The molecule has 0 aromatic carbocycles. The maximum absolute atomic E-state index is 12.8. The molecule has 0 aliphatic carbocycles. The smallest absolute Gasteiger partial charge is 0.433 e. The van der Waals surface area contributed by atoms with Crippen LogP contribution < -0.4 is 10.2 Å². The van der Waals surface area contributed by atoms with E-state index < -0.39 is 29.4 Å². The van der Waals surface area contributed by atoms with Crippen molar-refractivity contribution in [3.05, 3.63) is 18.0 Å². The lowest BCUT2D eigenvalue weighted by atomic mass is 9.99. The number of hydrogen-bond donors (Lipinski definition) is 2. The van der Waals surface area contributed by atoms with Crippen LogP contribution in [0.5, 0.6) is 0 Å². The van der Waals surface area contributed by atoms with Gasteiger partial charge in [0.15, 0.2) is 11.4 Å². The number of alkyl halides is 3. The van der Waals surface area contributed by atoms with E-state index in [-0.39, 0.29) is 25.6 Å². The first kappa shape index (κ1) is 18.9. The summed E-state index contributed by atoms with van der Waals surface area (Å²) in [6, 6.07) is 0.750. The topological polar surface area (TPSA) is 98.7 Å². The third-order valence-electron chi connectivity index (χ3n) is 3.97. The normalized spacial score (nSPS) is 21.3. The maximum Gasteiger partial charge on any atom is 0.433 e. The number of hydrogen-bond acceptors (Lipinski definition) is 6. The minimum atomic E-state index is -4.63. The summed E-state index contributed by atoms with van der Waals surface area (Å²) in [6.07, 6.45) is -4.93. The minimum Gasteiger partial charge on any atom is -0.465 e. The zero-order valence-electron chi connectivity index (χ0n) is 13.7. The summed E-state index contributed by atoms with van der Waals surface area (Å²) in [5.41, 5.74) is -2.67. The van der Waals surface area contributed by atoms with E-state index in [1.807, 2.05) is 0 Å². The number of likely N-dealkylation sites (N-methyl/N-ethyl adjacent to an activating group) is 1. The molecule has 2 heterocycles. The average Bonchev–Trinajstić information content (AvgIpc) is 2.54. The Morgan fingerprint density at radius 1 is 1.40 bits per heavy atom. The number of Topliss-reactive ketones (excluding diaryl/α,β-unsaturated/α-hetero) is 1. The van der Waals surface area contributed by atoms with Crippen LogP contribution in [0.25, 0.3) is 0 Å². The Bertz CT molecular complexity index is 669. The third-order valence-corrected chi connectivity index (χ3v) is 3.97. The molecule has 0 saturated carbocycles. The summed E-state index contributed by atoms with van der Waals surface area (Å²) in [7, 11) is 0. The molecule has 1 aliphatic heterocycles. The van der Waals surface area contributed by atoms with Gasteiger partial charge in [-0.1, -0.05) is 6.92 Å². The summed E-state index contributed by atoms with van der Waals surface area (Å²) < 4.78 is 38.5. The Morgan fingerprint density at radius 3 is 2.60 bits per heavy atom. The highest BCUT2D eigenvalue weighted by molar-refractivity contribution is 5.90. The van der Waals surface area contributed by atoms with Crippen LogP contribution in [0.1, 0.15) is 19.5 Å². The quantitative estimate of drug-likeness (QED) is 0.831. The van der Waals surface area contributed by atoms with Crippen LogP contribution in [-0.4, -0.2) is 63.7 Å². The Hall–Kier alpha value is -2.43. The van der Waals surface area contributed by atoms with Gasteiger partial charge in [0.05, 0.1) is 6.54 Å². The summed E-state index contributed by atoms with van der Waals surface area (Å²) in [5, 5.41) is 12.2. The van der Waals surface area contributed by atoms with Gasteiger partial charge in [-0.3, -0.25) is 15.0 Å². The van der Waals surface area contributed by atoms with Gasteiger partial charge in [0.2, 0.25) is 5.95 Å². The molecular formula is C14H18F3N5O3. The Balaban J connectivity index is 2.40. The molecule has 1 aromatic rings. The lowest BCUT2D eigenvalue weighted by molar-refractivity contribution is -0.141. The van der Waals surface area contributed by atoms with Gasteiger partial charge in [-0.25, -0.2) is 14.8 Å². The molecule has 1 saturated heterocycles. The van der Waals surface area contributed by atoms with E-state index in [0.717, 1.165) is 17.2 Å². The standard InChI is InChI=1S/C14H18F3N5O3/c1-3-19-13(9(2)23)8-21(6-7-22(13)12(24)25)11-18-5-4-10(20-11)14(15,16)17/h4-5,19H,3,6-8H2,1-2H3,(H,24,25). The summed E-state index contributed by atoms with van der Waals surface area (Å²) in [6.45, 7) is 3.01. The number of nitrogens with zero attached hydrogens (tertiary/aromatic N) is 4. The fourth-order valence-electron chi connectivity index (χ4n) is 2.81. The van der Waals surface area contributed by atoms with Crippen molar-refractivity contribution in [2.75, 3.05) is 31.1 Å². The highest BCUT2D eigenvalue weighted by atomic mass is 19.4. The Morgan fingerprint density at radius 2 is 2.08 bits per heavy atom. The highest BCUT2D eigenvalue weighted by Gasteiger charge is 2.48. The molecule has 0 spiro atoms. The molecule has 1 aromatic heterocycles. The number of carbonyl (C=O) groups excluding carboxylic acids is 1. The number of carboxylic acid groups (broad SMARTS) is 1. The first-order valence-electron chi connectivity index (χ1n) is 7.53. The minimum absolute atomic E-state index is 0.0635. The second-order valence-corrected chi connectivity index (χ2v) is 5.54. The van der Waals surface area contributed by atoms with Crippen LogP contribution >= 0.6 is 0 Å². The zero-order chi connectivity index (χ0) is 18.8. The van der Waals surface area contributed by atoms with Crippen molar-refractivity contribution in [1.82, 2.24) is 20.2 Å². The lowest BCUT2D eigenvalue weighted by Crippen LogP contribution is -2.73. The van der Waals surface area contributed by atoms with Gasteiger partial charge in [0.25, 0.3) is 0 Å². The average molecular weight is 361 g/mol. The second-order valence-electron chi connectivity index (χ2n) is 5.54. The molecular weight excluding hydrogens is 343 g/mol. The van der Waals surface area contributed by atoms with Gasteiger partial charge in [0, 0.05) is 19.3 Å². The van der Waals surface area contributed by atoms with E-state index in [9.17, 15) is 27.9 Å². The number of piperazine rings is 1. The van der Waals surface area contributed by atoms with Crippen molar-refractivity contribution in [3.63, 3.8) is 0 Å². The van der Waals surface area contributed by atoms with E-state index in [0.29, 0.717) is 6.54 Å². The number of amides is 1. The largest absolute Gasteiger partial charge is 0.465 e. The van der Waals surface area contributed by atoms with Gasteiger partial charge in [-0.15, -0.1) is 0 Å². The molecule has 1 atom stereocenters. The number of anilines is 1. The van der Waals surface area contributed by atoms with Crippen LogP contribution in [-0.2, 0) is 11.0 Å². The van der Waals surface area contributed by atoms with Crippen molar-refractivity contribution < 1.29 is 27.9 Å². The molecule has 1 fully saturated rings. The number of halogens is 3. The van der Waals surface area contributed by atoms with Crippen LogP contribution in [0.3, 0.4) is 0 Å². The van der Waals surface area contributed by atoms with Gasteiger partial charge >= 0.3 is 12.3 Å². The molecule has 1 unspecified atom stereocenters. The monoisotopic (exact) mass is 361 g/mol. The molecule has 0 bridgehead atoms. The molecule has 0 radical (unpaired) electrons. The predicted octanol–water partition coefficient (Wildman–Crippen LogP) is 1.19. The number of ketones is 1. The fourth-order valence-corrected chi connectivity index (χ4v) is 2.81. The summed E-state index contributed by atoms with van der Waals surface area (Å²) >= 11 is 0. The van der Waals surface area contributed by atoms with E-state index in [2.05, 4.69) is 15.3 Å². The van der Waals surface area contributed by atoms with Crippen molar-refractivity contribution >= 4 is 17.8 Å². The number of aromatic nitrogens is 2. The lowest BCUT2D eigenvalue weighted by Gasteiger charge is -2.48.